The molecule has 3 aromatic rings. The van der Waals surface area contributed by atoms with E-state index < -0.39 is 17.6 Å². The number of hydrogen-bond donors (Lipinski definition) is 0. The largest absolute Gasteiger partial charge is 0.417 e. The normalized spacial score (nSPS) is 11.8. The van der Waals surface area contributed by atoms with Gasteiger partial charge in [-0.05, 0) is 24.6 Å². The van der Waals surface area contributed by atoms with Crippen LogP contribution in [0.3, 0.4) is 0 Å². The summed E-state index contributed by atoms with van der Waals surface area (Å²) in [5.74, 6) is -0.462. The molecule has 4 nitrogen and oxygen atoms in total. The number of aryl methyl sites for hydroxylation is 1. The van der Waals surface area contributed by atoms with Gasteiger partial charge in [-0.2, -0.15) is 13.2 Å². The maximum absolute atomic E-state index is 13.2. The molecule has 0 aliphatic carbocycles. The first-order valence-corrected chi connectivity index (χ1v) is 8.22. The van der Waals surface area contributed by atoms with E-state index in [1.54, 1.807) is 38.2 Å². The number of amides is 1. The van der Waals surface area contributed by atoms with Crippen LogP contribution < -0.4 is 4.90 Å². The van der Waals surface area contributed by atoms with Crippen LogP contribution in [0.4, 0.5) is 18.9 Å². The second-order valence-corrected chi connectivity index (χ2v) is 6.14. The zero-order chi connectivity index (χ0) is 19.1. The molecule has 136 valence electrons. The van der Waals surface area contributed by atoms with Crippen LogP contribution in [0.15, 0.2) is 42.6 Å². The average Bonchev–Trinajstić information content (AvgIpc) is 2.99. The molecule has 0 spiro atoms. The number of carbonyl (C=O) groups excluding carboxylic acids is 1. The summed E-state index contributed by atoms with van der Waals surface area (Å²) in [4.78, 5) is 18.7. The van der Waals surface area contributed by atoms with Crippen molar-refractivity contribution in [2.45, 2.75) is 19.5 Å². The maximum Gasteiger partial charge on any atom is 0.417 e. The quantitative estimate of drug-likeness (QED) is 0.650. The Morgan fingerprint density at radius 1 is 1.27 bits per heavy atom. The molecule has 0 saturated carbocycles. The number of rotatable bonds is 3. The fourth-order valence-corrected chi connectivity index (χ4v) is 2.96. The van der Waals surface area contributed by atoms with Crippen molar-refractivity contribution in [1.82, 2.24) is 9.38 Å². The fraction of sp³-hybridized carbons (Fsp3) is 0.222. The van der Waals surface area contributed by atoms with Crippen LogP contribution in [-0.4, -0.2) is 22.3 Å². The number of para-hydroxylation sites is 1. The number of halogens is 4. The van der Waals surface area contributed by atoms with Gasteiger partial charge in [0.05, 0.1) is 16.3 Å². The Morgan fingerprint density at radius 3 is 2.50 bits per heavy atom. The number of pyridine rings is 1. The van der Waals surface area contributed by atoms with Crippen molar-refractivity contribution in [3.63, 3.8) is 0 Å². The predicted molar refractivity (Wildman–Crippen MR) is 93.8 cm³/mol. The average molecular weight is 382 g/mol. The number of hydrogen-bond acceptors (Lipinski definition) is 2. The number of carbonyl (C=O) groups is 1. The molecule has 0 radical (unpaired) electrons. The Kier molecular flexibility index (Phi) is 4.66. The summed E-state index contributed by atoms with van der Waals surface area (Å²) in [6, 6.07) is 9.64. The smallest absolute Gasteiger partial charge is 0.310 e. The van der Waals surface area contributed by atoms with E-state index in [0.717, 1.165) is 16.7 Å². The number of imidazole rings is 1. The van der Waals surface area contributed by atoms with Gasteiger partial charge in [-0.1, -0.05) is 36.7 Å². The van der Waals surface area contributed by atoms with E-state index in [-0.39, 0.29) is 16.4 Å². The van der Waals surface area contributed by atoms with Gasteiger partial charge < -0.3 is 4.90 Å². The zero-order valence-corrected chi connectivity index (χ0v) is 14.8. The van der Waals surface area contributed by atoms with Gasteiger partial charge in [0.15, 0.2) is 5.65 Å². The van der Waals surface area contributed by atoms with Crippen LogP contribution in [0, 0.1) is 0 Å². The molecule has 1 amide bonds. The van der Waals surface area contributed by atoms with Crippen molar-refractivity contribution in [3.8, 4) is 0 Å². The number of fused-ring (bicyclic) bond motifs is 1. The van der Waals surface area contributed by atoms with E-state index in [1.165, 1.54) is 4.90 Å². The topological polar surface area (TPSA) is 37.6 Å². The van der Waals surface area contributed by atoms with E-state index in [2.05, 4.69) is 4.98 Å². The summed E-state index contributed by atoms with van der Waals surface area (Å²) < 4.78 is 40.6. The molecule has 0 saturated heterocycles. The summed E-state index contributed by atoms with van der Waals surface area (Å²) in [6.07, 6.45) is -3.34. The summed E-state index contributed by atoms with van der Waals surface area (Å²) in [7, 11) is 1.56. The van der Waals surface area contributed by atoms with Crippen molar-refractivity contribution in [1.29, 1.82) is 0 Å². The number of anilines is 1. The maximum atomic E-state index is 13.2. The molecule has 0 bridgehead atoms. The molecule has 8 heteroatoms. The molecular weight excluding hydrogens is 367 g/mol. The summed E-state index contributed by atoms with van der Waals surface area (Å²) >= 11 is 6.00. The Bertz CT molecular complexity index is 967. The fourth-order valence-electron chi connectivity index (χ4n) is 2.71. The van der Waals surface area contributed by atoms with Gasteiger partial charge in [-0.15, -0.1) is 0 Å². The van der Waals surface area contributed by atoms with Crippen LogP contribution in [0.25, 0.3) is 5.65 Å². The molecule has 0 aliphatic rings. The molecule has 2 aromatic heterocycles. The molecule has 0 fully saturated rings. The van der Waals surface area contributed by atoms with Crippen molar-refractivity contribution in [2.75, 3.05) is 11.9 Å². The molecule has 1 aromatic carbocycles. The van der Waals surface area contributed by atoms with E-state index in [0.29, 0.717) is 17.8 Å². The van der Waals surface area contributed by atoms with E-state index >= 15 is 0 Å². The highest BCUT2D eigenvalue weighted by Crippen LogP contribution is 2.33. The molecule has 0 unspecified atom stereocenters. The minimum absolute atomic E-state index is 0.0712. The number of alkyl halides is 3. The first-order valence-electron chi connectivity index (χ1n) is 7.84. The molecular formula is C18H15ClF3N3O. The summed E-state index contributed by atoms with van der Waals surface area (Å²) in [5, 5.41) is -0.157. The van der Waals surface area contributed by atoms with Gasteiger partial charge in [0.25, 0.3) is 5.91 Å². The van der Waals surface area contributed by atoms with E-state index in [4.69, 9.17) is 11.6 Å². The Hall–Kier alpha value is -2.54. The lowest BCUT2D eigenvalue weighted by Crippen LogP contribution is -2.28. The third kappa shape index (κ3) is 3.14. The number of aromatic nitrogens is 2. The van der Waals surface area contributed by atoms with Crippen LogP contribution in [0.1, 0.15) is 28.7 Å². The first kappa shape index (κ1) is 18.3. The second kappa shape index (κ2) is 6.64. The van der Waals surface area contributed by atoms with Crippen LogP contribution in [0.5, 0.6) is 0 Å². The van der Waals surface area contributed by atoms with E-state index in [9.17, 15) is 18.0 Å². The number of benzene rings is 1. The van der Waals surface area contributed by atoms with Gasteiger partial charge in [0.2, 0.25) is 0 Å². The molecule has 0 atom stereocenters. The third-order valence-electron chi connectivity index (χ3n) is 4.06. The Morgan fingerprint density at radius 2 is 1.92 bits per heavy atom. The minimum Gasteiger partial charge on any atom is -0.310 e. The first-order chi connectivity index (χ1) is 12.2. The molecule has 0 aliphatic heterocycles. The molecule has 0 N–H and O–H groups in total. The summed E-state index contributed by atoms with van der Waals surface area (Å²) in [6.45, 7) is 1.78. The van der Waals surface area contributed by atoms with Crippen LogP contribution in [0.2, 0.25) is 5.02 Å². The monoisotopic (exact) mass is 381 g/mol. The SMILES string of the molecule is CCc1nc2c(Cl)cc(C(F)(F)F)cn2c1C(=O)N(C)c1ccccc1. The lowest BCUT2D eigenvalue weighted by Gasteiger charge is -2.18. The Balaban J connectivity index is 2.20. The van der Waals surface area contributed by atoms with Crippen molar-refractivity contribution in [2.24, 2.45) is 0 Å². The molecule has 2 heterocycles. The second-order valence-electron chi connectivity index (χ2n) is 5.73. The highest BCUT2D eigenvalue weighted by atomic mass is 35.5. The Labute approximate surface area is 152 Å². The van der Waals surface area contributed by atoms with Gasteiger partial charge in [-0.25, -0.2) is 4.98 Å². The number of nitrogens with zero attached hydrogens (tertiary/aromatic N) is 3. The standard InChI is InChI=1S/C18H15ClF3N3O/c1-3-14-15(17(26)24(2)12-7-5-4-6-8-12)25-10-11(18(20,21)22)9-13(19)16(25)23-14/h4-10H,3H2,1-2H3. The third-order valence-corrected chi connectivity index (χ3v) is 4.34. The van der Waals surface area contributed by atoms with Gasteiger partial charge in [-0.3, -0.25) is 9.20 Å². The highest BCUT2D eigenvalue weighted by Gasteiger charge is 2.33. The molecule has 26 heavy (non-hydrogen) atoms. The predicted octanol–water partition coefficient (Wildman–Crippen LogP) is 4.85. The van der Waals surface area contributed by atoms with E-state index in [1.807, 2.05) is 6.07 Å². The van der Waals surface area contributed by atoms with Crippen molar-refractivity contribution >= 4 is 28.8 Å². The van der Waals surface area contributed by atoms with Gasteiger partial charge in [0.1, 0.15) is 5.69 Å². The van der Waals surface area contributed by atoms with Gasteiger partial charge in [0, 0.05) is 18.9 Å². The summed E-state index contributed by atoms with van der Waals surface area (Å²) in [5.41, 5.74) is 0.265. The van der Waals surface area contributed by atoms with Crippen molar-refractivity contribution in [3.05, 3.63) is 64.6 Å². The van der Waals surface area contributed by atoms with Crippen LogP contribution >= 0.6 is 11.6 Å². The van der Waals surface area contributed by atoms with Crippen molar-refractivity contribution < 1.29 is 18.0 Å². The lowest BCUT2D eigenvalue weighted by molar-refractivity contribution is -0.137. The lowest BCUT2D eigenvalue weighted by atomic mass is 10.2. The minimum atomic E-state index is -4.58. The highest BCUT2D eigenvalue weighted by molar-refractivity contribution is 6.33. The van der Waals surface area contributed by atoms with Gasteiger partial charge >= 0.3 is 6.18 Å². The zero-order valence-electron chi connectivity index (χ0n) is 14.0. The van der Waals surface area contributed by atoms with Crippen LogP contribution in [-0.2, 0) is 12.6 Å². The molecule has 3 rings (SSSR count).